The minimum Gasteiger partial charge on any atom is -0.384 e. The van der Waals surface area contributed by atoms with Gasteiger partial charge in [0.1, 0.15) is 0 Å². The van der Waals surface area contributed by atoms with Crippen LogP contribution in [0.2, 0.25) is 0 Å². The van der Waals surface area contributed by atoms with E-state index >= 15 is 0 Å². The monoisotopic (exact) mass is 131 g/mol. The largest absolute Gasteiger partial charge is 0.384 e. The van der Waals surface area contributed by atoms with Crippen LogP contribution in [0.1, 0.15) is 20.3 Å². The molecule has 2 atom stereocenters. The zero-order chi connectivity index (χ0) is 7.28. The summed E-state index contributed by atoms with van der Waals surface area (Å²) < 4.78 is 4.98. The SMILES string of the molecule is CCC(COC)C(C)N. The van der Waals surface area contributed by atoms with Crippen molar-refractivity contribution >= 4 is 0 Å². The summed E-state index contributed by atoms with van der Waals surface area (Å²) >= 11 is 0. The number of nitrogens with two attached hydrogens (primary N) is 1. The van der Waals surface area contributed by atoms with Crippen LogP contribution in [0.3, 0.4) is 0 Å². The van der Waals surface area contributed by atoms with Crippen molar-refractivity contribution in [1.82, 2.24) is 0 Å². The van der Waals surface area contributed by atoms with E-state index in [1.165, 1.54) is 0 Å². The summed E-state index contributed by atoms with van der Waals surface area (Å²) in [4.78, 5) is 0. The van der Waals surface area contributed by atoms with Gasteiger partial charge in [0.15, 0.2) is 0 Å². The number of hydrogen-bond acceptors (Lipinski definition) is 2. The van der Waals surface area contributed by atoms with Crippen molar-refractivity contribution in [3.05, 3.63) is 0 Å². The molecule has 0 aliphatic rings. The number of methoxy groups -OCH3 is 1. The van der Waals surface area contributed by atoms with Crippen LogP contribution in [0.25, 0.3) is 0 Å². The van der Waals surface area contributed by atoms with Gasteiger partial charge in [-0.2, -0.15) is 0 Å². The molecule has 0 heterocycles. The molecule has 2 N–H and O–H groups in total. The van der Waals surface area contributed by atoms with Crippen molar-refractivity contribution in [1.29, 1.82) is 0 Å². The Labute approximate surface area is 57.4 Å². The molecule has 0 aromatic rings. The zero-order valence-corrected chi connectivity index (χ0v) is 6.55. The molecule has 0 amide bonds. The van der Waals surface area contributed by atoms with E-state index in [9.17, 15) is 0 Å². The molecule has 56 valence electrons. The smallest absolute Gasteiger partial charge is 0.0505 e. The lowest BCUT2D eigenvalue weighted by Crippen LogP contribution is -2.29. The molecular formula is C7H17NO. The van der Waals surface area contributed by atoms with Crippen LogP contribution in [0, 0.1) is 5.92 Å². The average molecular weight is 131 g/mol. The van der Waals surface area contributed by atoms with E-state index in [0.29, 0.717) is 5.92 Å². The van der Waals surface area contributed by atoms with Crippen LogP contribution in [0.15, 0.2) is 0 Å². The zero-order valence-electron chi connectivity index (χ0n) is 6.55. The Bertz CT molecular complexity index is 63.9. The number of rotatable bonds is 4. The molecule has 0 fully saturated rings. The first-order chi connectivity index (χ1) is 4.22. The molecule has 2 nitrogen and oxygen atoms in total. The van der Waals surface area contributed by atoms with Crippen LogP contribution in [0.5, 0.6) is 0 Å². The van der Waals surface area contributed by atoms with Gasteiger partial charge in [0.25, 0.3) is 0 Å². The highest BCUT2D eigenvalue weighted by Crippen LogP contribution is 2.05. The fraction of sp³-hybridized carbons (Fsp3) is 1.00. The van der Waals surface area contributed by atoms with E-state index in [0.717, 1.165) is 13.0 Å². The summed E-state index contributed by atoms with van der Waals surface area (Å²) in [6, 6.07) is 0.259. The molecule has 0 aliphatic heterocycles. The predicted octanol–water partition coefficient (Wildman–Crippen LogP) is 1.01. The van der Waals surface area contributed by atoms with Gasteiger partial charge in [-0.05, 0) is 19.3 Å². The molecule has 9 heavy (non-hydrogen) atoms. The highest BCUT2D eigenvalue weighted by molar-refractivity contribution is 4.65. The van der Waals surface area contributed by atoms with Crippen molar-refractivity contribution in [2.45, 2.75) is 26.3 Å². The summed E-state index contributed by atoms with van der Waals surface area (Å²) in [5.41, 5.74) is 5.65. The van der Waals surface area contributed by atoms with E-state index in [1.807, 2.05) is 6.92 Å². The fourth-order valence-corrected chi connectivity index (χ4v) is 0.855. The minimum absolute atomic E-state index is 0.259. The van der Waals surface area contributed by atoms with Crippen molar-refractivity contribution in [3.8, 4) is 0 Å². The third-order valence-electron chi connectivity index (χ3n) is 1.65. The standard InChI is InChI=1S/C7H17NO/c1-4-7(5-9-3)6(2)8/h6-7H,4-5,8H2,1-3H3. The number of ether oxygens (including phenoxy) is 1. The van der Waals surface area contributed by atoms with Crippen molar-refractivity contribution in [2.24, 2.45) is 11.7 Å². The van der Waals surface area contributed by atoms with Gasteiger partial charge in [-0.3, -0.25) is 0 Å². The normalized spacial score (nSPS) is 17.3. The highest BCUT2D eigenvalue weighted by atomic mass is 16.5. The molecule has 0 spiro atoms. The van der Waals surface area contributed by atoms with Crippen molar-refractivity contribution in [2.75, 3.05) is 13.7 Å². The molecular weight excluding hydrogens is 114 g/mol. The second-order valence-electron chi connectivity index (χ2n) is 2.48. The molecule has 0 rings (SSSR count). The lowest BCUT2D eigenvalue weighted by atomic mass is 10.0. The Hall–Kier alpha value is -0.0800. The Morgan fingerprint density at radius 3 is 2.22 bits per heavy atom. The van der Waals surface area contributed by atoms with Crippen LogP contribution in [-0.4, -0.2) is 19.8 Å². The lowest BCUT2D eigenvalue weighted by Gasteiger charge is -2.16. The Morgan fingerprint density at radius 1 is 1.56 bits per heavy atom. The maximum absolute atomic E-state index is 5.65. The summed E-state index contributed by atoms with van der Waals surface area (Å²) in [5.74, 6) is 0.523. The molecule has 2 unspecified atom stereocenters. The van der Waals surface area contributed by atoms with E-state index in [4.69, 9.17) is 10.5 Å². The molecule has 0 aromatic carbocycles. The summed E-state index contributed by atoms with van der Waals surface area (Å²) in [6.45, 7) is 4.94. The van der Waals surface area contributed by atoms with Crippen LogP contribution in [0.4, 0.5) is 0 Å². The molecule has 0 aliphatic carbocycles. The van der Waals surface area contributed by atoms with Gasteiger partial charge in [0, 0.05) is 13.2 Å². The van der Waals surface area contributed by atoms with Gasteiger partial charge < -0.3 is 10.5 Å². The summed E-state index contributed by atoms with van der Waals surface area (Å²) in [5, 5.41) is 0. The highest BCUT2D eigenvalue weighted by Gasteiger charge is 2.09. The Balaban J connectivity index is 3.41. The second-order valence-corrected chi connectivity index (χ2v) is 2.48. The molecule has 0 radical (unpaired) electrons. The first-order valence-electron chi connectivity index (χ1n) is 3.46. The van der Waals surface area contributed by atoms with E-state index in [2.05, 4.69) is 6.92 Å². The topological polar surface area (TPSA) is 35.2 Å². The minimum atomic E-state index is 0.259. The average Bonchev–Trinajstić information content (AvgIpc) is 1.82. The molecule has 0 saturated heterocycles. The maximum atomic E-state index is 5.65. The van der Waals surface area contributed by atoms with Crippen molar-refractivity contribution < 1.29 is 4.74 Å². The Kier molecular flexibility index (Phi) is 4.72. The van der Waals surface area contributed by atoms with Crippen LogP contribution in [-0.2, 0) is 4.74 Å². The van der Waals surface area contributed by atoms with Crippen molar-refractivity contribution in [3.63, 3.8) is 0 Å². The predicted molar refractivity (Wildman–Crippen MR) is 39.3 cm³/mol. The number of hydrogen-bond donors (Lipinski definition) is 1. The molecule has 0 saturated carbocycles. The van der Waals surface area contributed by atoms with E-state index in [1.54, 1.807) is 7.11 Å². The summed E-state index contributed by atoms with van der Waals surface area (Å²) in [7, 11) is 1.71. The summed E-state index contributed by atoms with van der Waals surface area (Å²) in [6.07, 6.45) is 1.10. The third-order valence-corrected chi connectivity index (χ3v) is 1.65. The van der Waals surface area contributed by atoms with E-state index in [-0.39, 0.29) is 6.04 Å². The molecule has 0 aromatic heterocycles. The van der Waals surface area contributed by atoms with E-state index < -0.39 is 0 Å². The quantitative estimate of drug-likeness (QED) is 0.618. The second kappa shape index (κ2) is 4.77. The van der Waals surface area contributed by atoms with Crippen LogP contribution < -0.4 is 5.73 Å². The Morgan fingerprint density at radius 2 is 2.11 bits per heavy atom. The first kappa shape index (κ1) is 8.92. The fourth-order valence-electron chi connectivity index (χ4n) is 0.855. The van der Waals surface area contributed by atoms with Crippen LogP contribution >= 0.6 is 0 Å². The molecule has 0 bridgehead atoms. The van der Waals surface area contributed by atoms with Gasteiger partial charge in [-0.1, -0.05) is 6.92 Å². The molecule has 2 heteroatoms. The van der Waals surface area contributed by atoms with Gasteiger partial charge in [-0.25, -0.2) is 0 Å². The van der Waals surface area contributed by atoms with Gasteiger partial charge in [0.2, 0.25) is 0 Å². The lowest BCUT2D eigenvalue weighted by molar-refractivity contribution is 0.140. The maximum Gasteiger partial charge on any atom is 0.0505 e. The van der Waals surface area contributed by atoms with Gasteiger partial charge >= 0.3 is 0 Å². The van der Waals surface area contributed by atoms with Gasteiger partial charge in [0.05, 0.1) is 6.61 Å². The van der Waals surface area contributed by atoms with Gasteiger partial charge in [-0.15, -0.1) is 0 Å². The third kappa shape index (κ3) is 3.49. The first-order valence-corrected chi connectivity index (χ1v) is 3.46.